The van der Waals surface area contributed by atoms with Crippen LogP contribution >= 0.6 is 11.3 Å². The first-order valence-electron chi connectivity index (χ1n) is 5.52. The van der Waals surface area contributed by atoms with Gasteiger partial charge in [-0.1, -0.05) is 0 Å². The molecule has 94 valence electrons. The number of nitrogen functional groups attached to an aromatic ring is 1. The summed E-state index contributed by atoms with van der Waals surface area (Å²) in [6.45, 7) is 0.639. The molecule has 0 aromatic carbocycles. The van der Waals surface area contributed by atoms with Gasteiger partial charge >= 0.3 is 0 Å². The quantitative estimate of drug-likeness (QED) is 0.904. The van der Waals surface area contributed by atoms with Crippen LogP contribution in [0.3, 0.4) is 0 Å². The Bertz CT molecular complexity index is 526. The lowest BCUT2D eigenvalue weighted by molar-refractivity contribution is 0.0792. The molecule has 2 rings (SSSR count). The number of pyridine rings is 1. The highest BCUT2D eigenvalue weighted by Crippen LogP contribution is 2.12. The van der Waals surface area contributed by atoms with Crippen LogP contribution in [0.15, 0.2) is 29.9 Å². The van der Waals surface area contributed by atoms with E-state index in [0.717, 1.165) is 12.0 Å². The molecule has 1 amide bonds. The normalized spacial score (nSPS) is 10.3. The number of hydrogen-bond acceptors (Lipinski definition) is 5. The monoisotopic (exact) mass is 262 g/mol. The minimum atomic E-state index is -0.1000. The molecule has 18 heavy (non-hydrogen) atoms. The van der Waals surface area contributed by atoms with Gasteiger partial charge in [0.15, 0.2) is 5.13 Å². The van der Waals surface area contributed by atoms with Crippen LogP contribution in [-0.2, 0) is 6.42 Å². The minimum absolute atomic E-state index is 0.1000. The third-order valence-corrected chi connectivity index (χ3v) is 3.25. The van der Waals surface area contributed by atoms with Gasteiger partial charge in [-0.3, -0.25) is 9.78 Å². The number of carbonyl (C=O) groups excluding carboxylic acids is 1. The fourth-order valence-corrected chi connectivity index (χ4v) is 2.07. The summed E-state index contributed by atoms with van der Waals surface area (Å²) in [5, 5.41) is 2.10. The predicted molar refractivity (Wildman–Crippen MR) is 71.4 cm³/mol. The molecule has 0 saturated heterocycles. The van der Waals surface area contributed by atoms with Crippen molar-refractivity contribution in [3.8, 4) is 0 Å². The van der Waals surface area contributed by atoms with Crippen molar-refractivity contribution in [3.63, 3.8) is 0 Å². The van der Waals surface area contributed by atoms with Crippen LogP contribution in [0.2, 0.25) is 0 Å². The fraction of sp³-hybridized carbons (Fsp3) is 0.250. The molecule has 0 unspecified atom stereocenters. The van der Waals surface area contributed by atoms with E-state index in [4.69, 9.17) is 5.73 Å². The highest BCUT2D eigenvalue weighted by Gasteiger charge is 2.14. The van der Waals surface area contributed by atoms with E-state index in [1.165, 1.54) is 11.3 Å². The number of hydrogen-bond donors (Lipinski definition) is 1. The summed E-state index contributed by atoms with van der Waals surface area (Å²) < 4.78 is 0. The molecule has 5 nitrogen and oxygen atoms in total. The van der Waals surface area contributed by atoms with E-state index < -0.39 is 0 Å². The van der Waals surface area contributed by atoms with Crippen LogP contribution < -0.4 is 5.73 Å². The summed E-state index contributed by atoms with van der Waals surface area (Å²) in [6, 6.07) is 3.89. The maximum Gasteiger partial charge on any atom is 0.273 e. The largest absolute Gasteiger partial charge is 0.375 e. The van der Waals surface area contributed by atoms with E-state index in [2.05, 4.69) is 9.97 Å². The number of thiazole rings is 1. The van der Waals surface area contributed by atoms with Gasteiger partial charge in [0.2, 0.25) is 0 Å². The molecule has 0 fully saturated rings. The van der Waals surface area contributed by atoms with Crippen molar-refractivity contribution >= 4 is 22.4 Å². The number of likely N-dealkylation sites (N-methyl/N-ethyl adjacent to an activating group) is 1. The summed E-state index contributed by atoms with van der Waals surface area (Å²) in [6.07, 6.45) is 4.29. The second-order valence-electron chi connectivity index (χ2n) is 3.90. The molecule has 2 aromatic heterocycles. The Hall–Kier alpha value is -1.95. The van der Waals surface area contributed by atoms with Crippen molar-refractivity contribution in [1.29, 1.82) is 0 Å². The molecule has 0 aliphatic carbocycles. The second kappa shape index (κ2) is 5.59. The number of nitrogens with two attached hydrogens (primary N) is 1. The van der Waals surface area contributed by atoms with Gasteiger partial charge in [0.25, 0.3) is 5.91 Å². The standard InChI is InChI=1S/C12H14N4OS/c1-16(7-4-9-2-5-14-6-3-9)11(17)10-8-18-12(13)15-10/h2-3,5-6,8H,4,7H2,1H3,(H2,13,15). The van der Waals surface area contributed by atoms with Gasteiger partial charge in [-0.2, -0.15) is 0 Å². The Kier molecular flexibility index (Phi) is 3.88. The summed E-state index contributed by atoms with van der Waals surface area (Å²) in [5.41, 5.74) is 7.08. The van der Waals surface area contributed by atoms with Crippen LogP contribution in [-0.4, -0.2) is 34.4 Å². The lowest BCUT2D eigenvalue weighted by Gasteiger charge is -2.15. The van der Waals surface area contributed by atoms with Crippen LogP contribution in [0.25, 0.3) is 0 Å². The maximum atomic E-state index is 12.0. The Morgan fingerprint density at radius 2 is 2.17 bits per heavy atom. The molecule has 0 radical (unpaired) electrons. The van der Waals surface area contributed by atoms with Crippen molar-refractivity contribution in [1.82, 2.24) is 14.9 Å². The van der Waals surface area contributed by atoms with Crippen molar-refractivity contribution < 1.29 is 4.79 Å². The first-order chi connectivity index (χ1) is 8.66. The van der Waals surface area contributed by atoms with Gasteiger partial charge in [-0.25, -0.2) is 4.98 Å². The molecular formula is C12H14N4OS. The molecule has 2 heterocycles. The molecule has 2 N–H and O–H groups in total. The van der Waals surface area contributed by atoms with Crippen molar-refractivity contribution in [2.24, 2.45) is 0 Å². The van der Waals surface area contributed by atoms with E-state index in [-0.39, 0.29) is 5.91 Å². The van der Waals surface area contributed by atoms with Crippen LogP contribution in [0.1, 0.15) is 16.1 Å². The zero-order chi connectivity index (χ0) is 13.0. The van der Waals surface area contributed by atoms with Crippen molar-refractivity contribution in [3.05, 3.63) is 41.2 Å². The molecule has 2 aromatic rings. The minimum Gasteiger partial charge on any atom is -0.375 e. The summed E-state index contributed by atoms with van der Waals surface area (Å²) in [7, 11) is 1.76. The average molecular weight is 262 g/mol. The van der Waals surface area contributed by atoms with Gasteiger partial charge in [-0.05, 0) is 24.1 Å². The van der Waals surface area contributed by atoms with Crippen LogP contribution in [0, 0.1) is 0 Å². The highest BCUT2D eigenvalue weighted by atomic mass is 32.1. The lowest BCUT2D eigenvalue weighted by Crippen LogP contribution is -2.29. The second-order valence-corrected chi connectivity index (χ2v) is 4.79. The van der Waals surface area contributed by atoms with E-state index in [1.54, 1.807) is 29.7 Å². The van der Waals surface area contributed by atoms with Gasteiger partial charge in [0, 0.05) is 31.4 Å². The third-order valence-electron chi connectivity index (χ3n) is 2.57. The molecule has 0 saturated carbocycles. The molecule has 6 heteroatoms. The number of carbonyl (C=O) groups is 1. The smallest absolute Gasteiger partial charge is 0.273 e. The summed E-state index contributed by atoms with van der Waals surface area (Å²) in [4.78, 5) is 21.6. The lowest BCUT2D eigenvalue weighted by atomic mass is 10.2. The first-order valence-corrected chi connectivity index (χ1v) is 6.40. The zero-order valence-electron chi connectivity index (χ0n) is 10.0. The first kappa shape index (κ1) is 12.5. The van der Waals surface area contributed by atoms with Crippen molar-refractivity contribution in [2.75, 3.05) is 19.3 Å². The maximum absolute atomic E-state index is 12.0. The highest BCUT2D eigenvalue weighted by molar-refractivity contribution is 7.13. The van der Waals surface area contributed by atoms with Crippen molar-refractivity contribution in [2.45, 2.75) is 6.42 Å². The van der Waals surface area contributed by atoms with Gasteiger partial charge in [0.1, 0.15) is 5.69 Å². The Morgan fingerprint density at radius 1 is 1.44 bits per heavy atom. The van der Waals surface area contributed by atoms with E-state index in [9.17, 15) is 4.79 Å². The molecule has 0 aliphatic heterocycles. The average Bonchev–Trinajstić information content (AvgIpc) is 2.83. The Morgan fingerprint density at radius 3 is 2.78 bits per heavy atom. The number of nitrogens with zero attached hydrogens (tertiary/aromatic N) is 3. The molecule has 0 aliphatic rings. The molecule has 0 atom stereocenters. The van der Waals surface area contributed by atoms with Gasteiger partial charge in [0.05, 0.1) is 0 Å². The van der Waals surface area contributed by atoms with E-state index in [1.807, 2.05) is 12.1 Å². The Balaban J connectivity index is 1.92. The summed E-state index contributed by atoms with van der Waals surface area (Å²) >= 11 is 1.28. The zero-order valence-corrected chi connectivity index (χ0v) is 10.9. The molecule has 0 spiro atoms. The SMILES string of the molecule is CN(CCc1ccncc1)C(=O)c1csc(N)n1. The summed E-state index contributed by atoms with van der Waals surface area (Å²) in [5.74, 6) is -0.1000. The van der Waals surface area contributed by atoms with Gasteiger partial charge < -0.3 is 10.6 Å². The Labute approximate surface area is 109 Å². The fourth-order valence-electron chi connectivity index (χ4n) is 1.53. The number of rotatable bonds is 4. The van der Waals surface area contributed by atoms with E-state index >= 15 is 0 Å². The third kappa shape index (κ3) is 3.04. The van der Waals surface area contributed by atoms with Crippen LogP contribution in [0.5, 0.6) is 0 Å². The topological polar surface area (TPSA) is 72.1 Å². The van der Waals surface area contributed by atoms with E-state index in [0.29, 0.717) is 17.4 Å². The number of amides is 1. The van der Waals surface area contributed by atoms with Gasteiger partial charge in [-0.15, -0.1) is 11.3 Å². The van der Waals surface area contributed by atoms with Crippen LogP contribution in [0.4, 0.5) is 5.13 Å². The molecular weight excluding hydrogens is 248 g/mol. The number of anilines is 1. The number of aromatic nitrogens is 2. The predicted octanol–water partition coefficient (Wildman–Crippen LogP) is 1.44. The molecule has 0 bridgehead atoms.